The first-order valence-corrected chi connectivity index (χ1v) is 9.05. The molecule has 0 unspecified atom stereocenters. The number of carbonyl (C=O) groups excluding carboxylic acids is 2. The number of anilines is 2. The van der Waals surface area contributed by atoms with Gasteiger partial charge in [0.05, 0.1) is 14.2 Å². The third-order valence-corrected chi connectivity index (χ3v) is 5.32. The molecule has 0 saturated heterocycles. The molecule has 1 heterocycles. The summed E-state index contributed by atoms with van der Waals surface area (Å²) in [6, 6.07) is 6.50. The second-order valence-corrected chi connectivity index (χ2v) is 7.15. The molecule has 0 aliphatic heterocycles. The number of carbonyl (C=O) groups is 2. The number of methoxy groups -OCH3 is 2. The van der Waals surface area contributed by atoms with Crippen molar-refractivity contribution < 1.29 is 19.1 Å². The normalized spacial score (nSPS) is 11.5. The number of rotatable bonds is 7. The van der Waals surface area contributed by atoms with Crippen molar-refractivity contribution in [2.45, 2.75) is 22.9 Å². The van der Waals surface area contributed by atoms with Crippen LogP contribution in [0, 0.1) is 0 Å². The highest BCUT2D eigenvalue weighted by Crippen LogP contribution is 2.30. The molecule has 0 saturated carbocycles. The summed E-state index contributed by atoms with van der Waals surface area (Å²) in [5.41, 5.74) is 0.620. The minimum Gasteiger partial charge on any atom is -0.497 e. The molecule has 2 rings (SSSR count). The number of nitrogens with zero attached hydrogens (tertiary/aromatic N) is 2. The van der Waals surface area contributed by atoms with Crippen LogP contribution in [-0.2, 0) is 9.53 Å². The number of amides is 2. The number of ether oxygens (including phenoxy) is 2. The summed E-state index contributed by atoms with van der Waals surface area (Å²) in [6.07, 6.45) is 0.609. The lowest BCUT2D eigenvalue weighted by molar-refractivity contribution is -0.140. The van der Waals surface area contributed by atoms with Gasteiger partial charge in [-0.3, -0.25) is 10.1 Å². The molecule has 0 aliphatic carbocycles. The largest absolute Gasteiger partial charge is 0.497 e. The molecule has 2 N–H and O–H groups in total. The molecule has 0 aliphatic rings. The third kappa shape index (κ3) is 5.61. The van der Waals surface area contributed by atoms with Gasteiger partial charge < -0.3 is 14.8 Å². The number of esters is 1. The summed E-state index contributed by atoms with van der Waals surface area (Å²) in [6.45, 7) is 1.89. The van der Waals surface area contributed by atoms with Crippen LogP contribution in [-0.4, -0.2) is 41.7 Å². The van der Waals surface area contributed by atoms with E-state index in [4.69, 9.17) is 9.47 Å². The molecule has 2 amide bonds. The molecule has 134 valence electrons. The lowest BCUT2D eigenvalue weighted by atomic mass is 10.3. The first kappa shape index (κ1) is 19.0. The van der Waals surface area contributed by atoms with E-state index in [1.165, 1.54) is 30.2 Å². The van der Waals surface area contributed by atoms with E-state index in [-0.39, 0.29) is 11.2 Å². The van der Waals surface area contributed by atoms with E-state index in [1.54, 1.807) is 31.4 Å². The van der Waals surface area contributed by atoms with E-state index >= 15 is 0 Å². The van der Waals surface area contributed by atoms with Crippen molar-refractivity contribution in [3.8, 4) is 5.75 Å². The minimum atomic E-state index is -0.433. The average Bonchev–Trinajstić information content (AvgIpc) is 3.06. The molecule has 1 aromatic heterocycles. The second kappa shape index (κ2) is 9.23. The summed E-state index contributed by atoms with van der Waals surface area (Å²) in [4.78, 5) is 23.6. The van der Waals surface area contributed by atoms with Crippen molar-refractivity contribution in [3.05, 3.63) is 24.3 Å². The minimum absolute atomic E-state index is 0.311. The molecule has 8 nitrogen and oxygen atoms in total. The predicted octanol–water partition coefficient (Wildman–Crippen LogP) is 3.23. The lowest BCUT2D eigenvalue weighted by Crippen LogP contribution is -2.19. The summed E-state index contributed by atoms with van der Waals surface area (Å²) >= 11 is 2.45. The average molecular weight is 382 g/mol. The van der Waals surface area contributed by atoms with Gasteiger partial charge in [-0.1, -0.05) is 30.0 Å². The van der Waals surface area contributed by atoms with Crippen molar-refractivity contribution in [1.82, 2.24) is 10.2 Å². The van der Waals surface area contributed by atoms with Crippen LogP contribution in [0.1, 0.15) is 13.3 Å². The Labute approximate surface area is 153 Å². The number of thioether (sulfide) groups is 1. The standard InChI is InChI=1S/C15H18N4O4S2/c1-4-11(12(20)23-3)24-15-19-18-14(25-15)17-13(21)16-9-5-7-10(22-2)8-6-9/h5-8,11H,4H2,1-3H3,(H2,16,17,18,21)/t11-/m1/s1. The summed E-state index contributed by atoms with van der Waals surface area (Å²) in [5, 5.41) is 13.2. The highest BCUT2D eigenvalue weighted by atomic mass is 32.2. The van der Waals surface area contributed by atoms with Crippen molar-refractivity contribution in [2.75, 3.05) is 24.9 Å². The van der Waals surface area contributed by atoms with Gasteiger partial charge in [-0.25, -0.2) is 4.79 Å². The number of aromatic nitrogens is 2. The number of urea groups is 1. The number of hydrogen-bond acceptors (Lipinski definition) is 8. The fourth-order valence-electron chi connectivity index (χ4n) is 1.79. The van der Waals surface area contributed by atoms with Crippen molar-refractivity contribution >= 4 is 45.9 Å². The van der Waals surface area contributed by atoms with Gasteiger partial charge in [-0.05, 0) is 30.7 Å². The van der Waals surface area contributed by atoms with Crippen LogP contribution in [0.3, 0.4) is 0 Å². The maximum atomic E-state index is 12.0. The molecule has 1 aromatic carbocycles. The smallest absolute Gasteiger partial charge is 0.325 e. The summed E-state index contributed by atoms with van der Waals surface area (Å²) in [5.74, 6) is 0.391. The first-order chi connectivity index (χ1) is 12.0. The Morgan fingerprint density at radius 1 is 1.20 bits per heavy atom. The molecule has 0 fully saturated rings. The summed E-state index contributed by atoms with van der Waals surface area (Å²) in [7, 11) is 2.92. The molecule has 0 bridgehead atoms. The number of benzene rings is 1. The Balaban J connectivity index is 1.91. The third-order valence-electron chi connectivity index (χ3n) is 3.05. The molecular formula is C15H18N4O4S2. The van der Waals surface area contributed by atoms with E-state index in [0.717, 1.165) is 0 Å². The first-order valence-electron chi connectivity index (χ1n) is 7.35. The number of nitrogens with one attached hydrogen (secondary N) is 2. The lowest BCUT2D eigenvalue weighted by Gasteiger charge is -2.08. The fraction of sp³-hybridized carbons (Fsp3) is 0.333. The SMILES string of the molecule is CC[C@@H](Sc1nnc(NC(=O)Nc2ccc(OC)cc2)s1)C(=O)OC. The number of hydrogen-bond donors (Lipinski definition) is 2. The van der Waals surface area contributed by atoms with E-state index in [2.05, 4.69) is 20.8 Å². The van der Waals surface area contributed by atoms with Gasteiger partial charge in [0.1, 0.15) is 11.0 Å². The molecule has 25 heavy (non-hydrogen) atoms. The molecule has 10 heteroatoms. The van der Waals surface area contributed by atoms with Gasteiger partial charge in [0, 0.05) is 5.69 Å². The topological polar surface area (TPSA) is 102 Å². The zero-order valence-electron chi connectivity index (χ0n) is 13.9. The molecule has 1 atom stereocenters. The Morgan fingerprint density at radius 2 is 1.92 bits per heavy atom. The molecule has 2 aromatic rings. The van der Waals surface area contributed by atoms with Crippen LogP contribution in [0.4, 0.5) is 15.6 Å². The van der Waals surface area contributed by atoms with Gasteiger partial charge in [0.15, 0.2) is 4.34 Å². The van der Waals surface area contributed by atoms with Crippen molar-refractivity contribution in [3.63, 3.8) is 0 Å². The molecule has 0 spiro atoms. The van der Waals surface area contributed by atoms with Gasteiger partial charge >= 0.3 is 12.0 Å². The highest BCUT2D eigenvalue weighted by molar-refractivity contribution is 8.02. The fourth-order valence-corrected chi connectivity index (χ4v) is 3.73. The van der Waals surface area contributed by atoms with Gasteiger partial charge in [0.25, 0.3) is 0 Å². The summed E-state index contributed by atoms with van der Waals surface area (Å²) < 4.78 is 10.4. The van der Waals surface area contributed by atoms with Crippen LogP contribution in [0.25, 0.3) is 0 Å². The van der Waals surface area contributed by atoms with Crippen molar-refractivity contribution in [2.24, 2.45) is 0 Å². The predicted molar refractivity (Wildman–Crippen MR) is 97.5 cm³/mol. The van der Waals surface area contributed by atoms with E-state index < -0.39 is 6.03 Å². The van der Waals surface area contributed by atoms with Gasteiger partial charge in [-0.2, -0.15) is 0 Å². The Morgan fingerprint density at radius 3 is 2.52 bits per heavy atom. The Bertz CT molecular complexity index is 721. The second-order valence-electron chi connectivity index (χ2n) is 4.72. The zero-order chi connectivity index (χ0) is 18.2. The van der Waals surface area contributed by atoms with Crippen LogP contribution >= 0.6 is 23.1 Å². The maximum Gasteiger partial charge on any atom is 0.325 e. The molecule has 0 radical (unpaired) electrons. The highest BCUT2D eigenvalue weighted by Gasteiger charge is 2.21. The maximum absolute atomic E-state index is 12.0. The Kier molecular flexibility index (Phi) is 7.02. The van der Waals surface area contributed by atoms with Crippen LogP contribution < -0.4 is 15.4 Å². The van der Waals surface area contributed by atoms with E-state index in [1.807, 2.05) is 6.92 Å². The quantitative estimate of drug-likeness (QED) is 0.430. The Hall–Kier alpha value is -2.33. The van der Waals surface area contributed by atoms with E-state index in [9.17, 15) is 9.59 Å². The van der Waals surface area contributed by atoms with Gasteiger partial charge in [-0.15, -0.1) is 10.2 Å². The van der Waals surface area contributed by atoms with Crippen LogP contribution in [0.15, 0.2) is 28.6 Å². The van der Waals surface area contributed by atoms with E-state index in [0.29, 0.717) is 27.3 Å². The van der Waals surface area contributed by atoms with Crippen LogP contribution in [0.2, 0.25) is 0 Å². The molecular weight excluding hydrogens is 364 g/mol. The van der Waals surface area contributed by atoms with Crippen LogP contribution in [0.5, 0.6) is 5.75 Å². The monoisotopic (exact) mass is 382 g/mol. The zero-order valence-corrected chi connectivity index (χ0v) is 15.6. The van der Waals surface area contributed by atoms with Crippen molar-refractivity contribution in [1.29, 1.82) is 0 Å². The van der Waals surface area contributed by atoms with Gasteiger partial charge in [0.2, 0.25) is 5.13 Å².